The second-order valence-electron chi connectivity index (χ2n) is 26.0. The molecule has 2 heterocycles. The smallest absolute Gasteiger partial charge is 0.0134 e. The van der Waals surface area contributed by atoms with E-state index in [1.54, 1.807) is 83.5 Å². The molecule has 0 radical (unpaired) electrons. The molecule has 9 saturated carbocycles. The molecule has 1 N–H and O–H groups in total. The van der Waals surface area contributed by atoms with Gasteiger partial charge in [-0.15, -0.1) is 0 Å². The van der Waals surface area contributed by atoms with Crippen LogP contribution in [-0.2, 0) is 0 Å². The van der Waals surface area contributed by atoms with Crippen LogP contribution in [0.1, 0.15) is 257 Å². The highest BCUT2D eigenvalue weighted by atomic mass is 15.3. The van der Waals surface area contributed by atoms with Crippen LogP contribution in [0.2, 0.25) is 0 Å². The van der Waals surface area contributed by atoms with Crippen molar-refractivity contribution in [2.24, 2.45) is 47.3 Å². The summed E-state index contributed by atoms with van der Waals surface area (Å²) in [6.07, 6.45) is 61.2. The minimum Gasteiger partial charge on any atom is -0.316 e. The lowest BCUT2D eigenvalue weighted by Gasteiger charge is -2.51. The van der Waals surface area contributed by atoms with E-state index in [1.165, 1.54) is 186 Å². The van der Waals surface area contributed by atoms with Crippen molar-refractivity contribution in [3.63, 3.8) is 0 Å². The molecule has 8 atom stereocenters. The third-order valence-electron chi connectivity index (χ3n) is 22.9. The number of nitrogens with zero attached hydrogens (tertiary/aromatic N) is 3. The molecule has 9 aliphatic carbocycles. The predicted octanol–water partition coefficient (Wildman–Crippen LogP) is 14.5. The zero-order valence-electron chi connectivity index (χ0n) is 41.4. The molecule has 0 bridgehead atoms. The van der Waals surface area contributed by atoms with Crippen LogP contribution in [0.4, 0.5) is 0 Å². The number of hydrogen-bond acceptors (Lipinski definition) is 4. The van der Waals surface area contributed by atoms with Crippen molar-refractivity contribution in [3.8, 4) is 0 Å². The van der Waals surface area contributed by atoms with Crippen molar-refractivity contribution in [3.05, 3.63) is 0 Å². The van der Waals surface area contributed by atoms with Crippen LogP contribution in [0, 0.1) is 47.3 Å². The van der Waals surface area contributed by atoms with Gasteiger partial charge in [-0.25, -0.2) is 0 Å². The van der Waals surface area contributed by atoms with E-state index >= 15 is 0 Å². The Hall–Kier alpha value is -0.160. The van der Waals surface area contributed by atoms with Gasteiger partial charge in [0.15, 0.2) is 0 Å². The second-order valence-corrected chi connectivity index (χ2v) is 26.0. The molecule has 0 aromatic carbocycles. The van der Waals surface area contributed by atoms with Gasteiger partial charge in [-0.2, -0.15) is 0 Å². The van der Waals surface area contributed by atoms with E-state index < -0.39 is 0 Å². The van der Waals surface area contributed by atoms with Crippen LogP contribution in [0.25, 0.3) is 0 Å². The van der Waals surface area contributed by atoms with Gasteiger partial charge in [-0.1, -0.05) is 109 Å². The molecule has 358 valence electrons. The van der Waals surface area contributed by atoms with Gasteiger partial charge in [0.2, 0.25) is 0 Å². The van der Waals surface area contributed by atoms with Crippen molar-refractivity contribution in [2.75, 3.05) is 13.1 Å². The maximum absolute atomic E-state index is 3.99. The maximum atomic E-state index is 3.99. The van der Waals surface area contributed by atoms with Crippen LogP contribution in [0.15, 0.2) is 0 Å². The molecule has 8 unspecified atom stereocenters. The molecule has 63 heavy (non-hydrogen) atoms. The summed E-state index contributed by atoms with van der Waals surface area (Å²) in [5.41, 5.74) is 0. The fourth-order valence-electron chi connectivity index (χ4n) is 19.9. The molecule has 0 amide bonds. The lowest BCUT2D eigenvalue weighted by Crippen LogP contribution is -2.55. The Bertz CT molecular complexity index is 1250. The normalized spacial score (nSPS) is 43.0. The van der Waals surface area contributed by atoms with Gasteiger partial charge in [0.05, 0.1) is 0 Å². The highest BCUT2D eigenvalue weighted by Crippen LogP contribution is 2.55. The van der Waals surface area contributed by atoms with E-state index in [-0.39, 0.29) is 0 Å². The fraction of sp³-hybridized carbons (Fsp3) is 1.00. The van der Waals surface area contributed by atoms with Crippen molar-refractivity contribution < 1.29 is 0 Å². The number of likely N-dealkylation sites (tertiary alicyclic amines) is 1. The summed E-state index contributed by atoms with van der Waals surface area (Å²) in [6.45, 7) is 2.67. The lowest BCUT2D eigenvalue weighted by atomic mass is 9.65. The summed E-state index contributed by atoms with van der Waals surface area (Å²) in [7, 11) is 0. The first-order valence-corrected chi connectivity index (χ1v) is 30.3. The highest BCUT2D eigenvalue weighted by molar-refractivity contribution is 5.10. The first kappa shape index (κ1) is 45.3. The van der Waals surface area contributed by atoms with Crippen molar-refractivity contribution in [2.45, 2.75) is 311 Å². The predicted molar refractivity (Wildman–Crippen MR) is 265 cm³/mol. The number of rotatable bonds is 10. The number of piperidine rings is 1. The fourth-order valence-corrected chi connectivity index (χ4v) is 19.9. The van der Waals surface area contributed by atoms with Gasteiger partial charge >= 0.3 is 0 Å². The quantitative estimate of drug-likeness (QED) is 0.236. The van der Waals surface area contributed by atoms with Gasteiger partial charge in [-0.05, 0) is 208 Å². The molecule has 2 aliphatic heterocycles. The van der Waals surface area contributed by atoms with E-state index in [1.807, 2.05) is 0 Å². The van der Waals surface area contributed by atoms with Gasteiger partial charge in [0.25, 0.3) is 0 Å². The van der Waals surface area contributed by atoms with E-state index in [0.717, 1.165) is 102 Å². The third-order valence-corrected chi connectivity index (χ3v) is 22.9. The molecule has 0 spiro atoms. The van der Waals surface area contributed by atoms with Crippen LogP contribution >= 0.6 is 0 Å². The summed E-state index contributed by atoms with van der Waals surface area (Å²) < 4.78 is 0. The summed E-state index contributed by atoms with van der Waals surface area (Å²) in [4.78, 5) is 10.1. The van der Waals surface area contributed by atoms with Crippen LogP contribution in [0.5, 0.6) is 0 Å². The van der Waals surface area contributed by atoms with Crippen molar-refractivity contribution in [1.29, 1.82) is 0 Å². The minimum atomic E-state index is 0.889. The molecule has 0 aromatic rings. The lowest BCUT2D eigenvalue weighted by molar-refractivity contribution is -0.00956. The Balaban J connectivity index is 0.773. The second kappa shape index (κ2) is 21.6. The molecule has 2 saturated heterocycles. The zero-order valence-corrected chi connectivity index (χ0v) is 41.4. The molecule has 0 aromatic heterocycles. The van der Waals surface area contributed by atoms with Crippen molar-refractivity contribution in [1.82, 2.24) is 20.0 Å². The van der Waals surface area contributed by atoms with Gasteiger partial charge in [0.1, 0.15) is 0 Å². The first-order valence-electron chi connectivity index (χ1n) is 30.3. The molecule has 11 fully saturated rings. The van der Waals surface area contributed by atoms with Gasteiger partial charge in [0, 0.05) is 54.4 Å². The molecule has 4 heteroatoms. The highest BCUT2D eigenvalue weighted by Gasteiger charge is 2.56. The monoisotopic (exact) mass is 867 g/mol. The van der Waals surface area contributed by atoms with E-state index in [2.05, 4.69) is 20.0 Å². The van der Waals surface area contributed by atoms with Crippen LogP contribution in [0.3, 0.4) is 0 Å². The summed E-state index contributed by atoms with van der Waals surface area (Å²) in [5, 5.41) is 3.99. The Morgan fingerprint density at radius 1 is 0.270 bits per heavy atom. The first-order chi connectivity index (χ1) is 31.2. The summed E-state index contributed by atoms with van der Waals surface area (Å²) in [6, 6.07) is 8.13. The average molecular weight is 867 g/mol. The average Bonchev–Trinajstić information content (AvgIpc) is 3.69. The standard InChI is InChI=1S/C59H102N4/c1-6-16-43(17-7-1)47-38-48(42-60-41-47)46-28-26-44(27-29-46)45-30-32-53(33-31-45)63-58-36-34-54(61(49-18-8-2-9-19-49)50-20-10-3-11-21-50)39-56(58)57-40-55(35-37-59(57)63)62(51-22-12-4-13-23-51)52-24-14-5-15-25-52/h43-60H,1-42H2. The minimum absolute atomic E-state index is 0.889. The SMILES string of the molecule is C1CCC(C2CNCC(C3CCC(C4CCC(N5C6CCC(N(C7CCCCC7)C7CCCCC7)CC6C6CC(N(C7CCCCC7)C7CCCCC7)CCC65)CC4)CC3)C2)CC1. The van der Waals surface area contributed by atoms with Crippen molar-refractivity contribution >= 4 is 0 Å². The molecular formula is C59H102N4. The molecular weight excluding hydrogens is 765 g/mol. The Labute approximate surface area is 390 Å². The zero-order chi connectivity index (χ0) is 42.0. The summed E-state index contributed by atoms with van der Waals surface area (Å²) in [5.74, 6) is 8.10. The number of nitrogens with one attached hydrogen (secondary N) is 1. The molecule has 11 rings (SSSR count). The maximum Gasteiger partial charge on any atom is 0.0134 e. The molecule has 4 nitrogen and oxygen atoms in total. The van der Waals surface area contributed by atoms with E-state index in [9.17, 15) is 0 Å². The Kier molecular flexibility index (Phi) is 15.6. The van der Waals surface area contributed by atoms with Crippen LogP contribution < -0.4 is 5.32 Å². The van der Waals surface area contributed by atoms with E-state index in [4.69, 9.17) is 0 Å². The van der Waals surface area contributed by atoms with Gasteiger partial charge < -0.3 is 5.32 Å². The largest absolute Gasteiger partial charge is 0.316 e. The Morgan fingerprint density at radius 3 is 1.00 bits per heavy atom. The summed E-state index contributed by atoms with van der Waals surface area (Å²) >= 11 is 0. The topological polar surface area (TPSA) is 21.8 Å². The Morgan fingerprint density at radius 2 is 0.603 bits per heavy atom. The van der Waals surface area contributed by atoms with E-state index in [0.29, 0.717) is 0 Å². The number of hydrogen-bond donors (Lipinski definition) is 1. The number of fused-ring (bicyclic) bond motifs is 3. The third kappa shape index (κ3) is 10.1. The molecule has 11 aliphatic rings. The van der Waals surface area contributed by atoms with Gasteiger partial charge in [-0.3, -0.25) is 14.7 Å². The van der Waals surface area contributed by atoms with Crippen LogP contribution in [-0.4, -0.2) is 82.2 Å².